The summed E-state index contributed by atoms with van der Waals surface area (Å²) in [5, 5.41) is 6.89. The molecule has 3 rings (SSSR count). The predicted molar refractivity (Wildman–Crippen MR) is 128 cm³/mol. The molecule has 1 aliphatic rings. The lowest BCUT2D eigenvalue weighted by Crippen LogP contribution is -2.44. The Morgan fingerprint density at radius 3 is 2.52 bits per heavy atom. The van der Waals surface area contributed by atoms with Crippen molar-refractivity contribution < 1.29 is 9.15 Å². The monoisotopic (exact) mass is 512 g/mol. The number of furan rings is 1. The molecule has 0 saturated carbocycles. The molecular formula is C22H33IN4O2. The zero-order valence-corrected chi connectivity index (χ0v) is 19.7. The minimum absolute atomic E-state index is 0. The second-order valence-corrected chi connectivity index (χ2v) is 7.11. The topological polar surface area (TPSA) is 62.0 Å². The van der Waals surface area contributed by atoms with E-state index >= 15 is 0 Å². The fraction of sp³-hybridized carbons (Fsp3) is 0.500. The van der Waals surface area contributed by atoms with Crippen LogP contribution in [0.5, 0.6) is 5.75 Å². The van der Waals surface area contributed by atoms with Gasteiger partial charge in [0.1, 0.15) is 11.5 Å². The minimum Gasteiger partial charge on any atom is -0.497 e. The number of guanidine groups is 1. The molecule has 1 fully saturated rings. The Hall–Kier alpha value is -1.74. The number of hydrogen-bond donors (Lipinski definition) is 2. The van der Waals surface area contributed by atoms with Crippen molar-refractivity contribution in [2.75, 3.05) is 40.3 Å². The van der Waals surface area contributed by atoms with Gasteiger partial charge in [0.2, 0.25) is 0 Å². The van der Waals surface area contributed by atoms with E-state index in [1.54, 1.807) is 13.4 Å². The van der Waals surface area contributed by atoms with Gasteiger partial charge in [-0.25, -0.2) is 0 Å². The number of ether oxygens (including phenoxy) is 1. The molecule has 0 amide bonds. The molecule has 2 aromatic rings. The van der Waals surface area contributed by atoms with Crippen LogP contribution < -0.4 is 15.4 Å². The van der Waals surface area contributed by atoms with Crippen LogP contribution in [0, 0.1) is 0 Å². The van der Waals surface area contributed by atoms with E-state index in [0.717, 1.165) is 50.1 Å². The van der Waals surface area contributed by atoms with Crippen LogP contribution in [0.4, 0.5) is 0 Å². The number of likely N-dealkylation sites (tertiary alicyclic amines) is 1. The molecule has 2 heterocycles. The van der Waals surface area contributed by atoms with Gasteiger partial charge in [-0.3, -0.25) is 9.89 Å². The van der Waals surface area contributed by atoms with Crippen molar-refractivity contribution in [1.82, 2.24) is 15.5 Å². The molecule has 0 aliphatic carbocycles. The first-order valence-corrected chi connectivity index (χ1v) is 10.1. The number of hydrogen-bond acceptors (Lipinski definition) is 4. The lowest BCUT2D eigenvalue weighted by Gasteiger charge is -2.33. The zero-order chi connectivity index (χ0) is 19.6. The Balaban J connectivity index is 0.00000300. The van der Waals surface area contributed by atoms with Crippen molar-refractivity contribution in [3.05, 3.63) is 54.0 Å². The van der Waals surface area contributed by atoms with Crippen LogP contribution in [-0.2, 0) is 6.42 Å². The molecule has 6 nitrogen and oxygen atoms in total. The van der Waals surface area contributed by atoms with Crippen molar-refractivity contribution in [3.63, 3.8) is 0 Å². The van der Waals surface area contributed by atoms with E-state index in [0.29, 0.717) is 0 Å². The second-order valence-electron chi connectivity index (χ2n) is 7.11. The number of aliphatic imine (C=N–C) groups is 1. The average Bonchev–Trinajstić information content (AvgIpc) is 3.28. The highest BCUT2D eigenvalue weighted by Crippen LogP contribution is 2.24. The Morgan fingerprint density at radius 2 is 1.90 bits per heavy atom. The summed E-state index contributed by atoms with van der Waals surface area (Å²) in [7, 11) is 3.50. The fourth-order valence-corrected chi connectivity index (χ4v) is 3.65. The SMILES string of the molecule is CN=C(NCCc1ccc(OC)cc1)NCC(c1ccco1)N1CCCCC1.I. The summed E-state index contributed by atoms with van der Waals surface area (Å²) in [6.45, 7) is 3.84. The van der Waals surface area contributed by atoms with Crippen molar-refractivity contribution in [2.45, 2.75) is 31.7 Å². The van der Waals surface area contributed by atoms with Gasteiger partial charge in [0, 0.05) is 20.1 Å². The van der Waals surface area contributed by atoms with Gasteiger partial charge in [-0.15, -0.1) is 24.0 Å². The predicted octanol–water partition coefficient (Wildman–Crippen LogP) is 3.84. The van der Waals surface area contributed by atoms with Crippen LogP contribution in [0.1, 0.15) is 36.6 Å². The number of benzene rings is 1. The summed E-state index contributed by atoms with van der Waals surface area (Å²) in [5.74, 6) is 2.72. The molecule has 0 radical (unpaired) electrons. The van der Waals surface area contributed by atoms with Crippen LogP contribution in [0.3, 0.4) is 0 Å². The van der Waals surface area contributed by atoms with Crippen LogP contribution in [0.15, 0.2) is 52.1 Å². The molecule has 160 valence electrons. The van der Waals surface area contributed by atoms with Gasteiger partial charge in [-0.05, 0) is 62.2 Å². The standard InChI is InChI=1S/C22H32N4O2.HI/c1-23-22(24-13-12-18-8-10-19(27-2)11-9-18)25-17-20(21-7-6-16-28-21)26-14-4-3-5-15-26;/h6-11,16,20H,3-5,12-15,17H2,1-2H3,(H2,23,24,25);1H. The number of methoxy groups -OCH3 is 1. The van der Waals surface area contributed by atoms with Crippen molar-refractivity contribution in [3.8, 4) is 5.75 Å². The molecule has 1 aliphatic heterocycles. The number of rotatable bonds is 8. The third kappa shape index (κ3) is 7.22. The van der Waals surface area contributed by atoms with E-state index in [1.807, 2.05) is 25.2 Å². The smallest absolute Gasteiger partial charge is 0.191 e. The minimum atomic E-state index is 0. The third-order valence-electron chi connectivity index (χ3n) is 5.25. The van der Waals surface area contributed by atoms with Gasteiger partial charge in [-0.1, -0.05) is 18.6 Å². The zero-order valence-electron chi connectivity index (χ0n) is 17.4. The van der Waals surface area contributed by atoms with Crippen molar-refractivity contribution in [2.24, 2.45) is 4.99 Å². The first-order chi connectivity index (χ1) is 13.8. The van der Waals surface area contributed by atoms with Gasteiger partial charge in [-0.2, -0.15) is 0 Å². The summed E-state index contributed by atoms with van der Waals surface area (Å²) < 4.78 is 10.9. The molecule has 2 N–H and O–H groups in total. The fourth-order valence-electron chi connectivity index (χ4n) is 3.65. The van der Waals surface area contributed by atoms with Gasteiger partial charge >= 0.3 is 0 Å². The van der Waals surface area contributed by atoms with Crippen LogP contribution in [-0.4, -0.2) is 51.2 Å². The van der Waals surface area contributed by atoms with E-state index in [4.69, 9.17) is 9.15 Å². The highest BCUT2D eigenvalue weighted by Gasteiger charge is 2.24. The Kier molecular flexibility index (Phi) is 10.3. The maximum absolute atomic E-state index is 5.72. The molecule has 0 bridgehead atoms. The van der Waals surface area contributed by atoms with Crippen molar-refractivity contribution in [1.29, 1.82) is 0 Å². The largest absolute Gasteiger partial charge is 0.497 e. The third-order valence-corrected chi connectivity index (χ3v) is 5.25. The van der Waals surface area contributed by atoms with Crippen LogP contribution in [0.2, 0.25) is 0 Å². The quantitative estimate of drug-likeness (QED) is 0.320. The lowest BCUT2D eigenvalue weighted by molar-refractivity contribution is 0.146. The lowest BCUT2D eigenvalue weighted by atomic mass is 10.1. The Bertz CT molecular complexity index is 713. The molecule has 1 atom stereocenters. The molecule has 7 heteroatoms. The van der Waals surface area contributed by atoms with E-state index in [2.05, 4.69) is 38.7 Å². The number of nitrogens with zero attached hydrogens (tertiary/aromatic N) is 2. The van der Waals surface area contributed by atoms with Crippen molar-refractivity contribution >= 4 is 29.9 Å². The molecule has 0 spiro atoms. The number of nitrogens with one attached hydrogen (secondary N) is 2. The maximum Gasteiger partial charge on any atom is 0.191 e. The van der Waals surface area contributed by atoms with Crippen LogP contribution in [0.25, 0.3) is 0 Å². The van der Waals surface area contributed by atoms with E-state index in [-0.39, 0.29) is 30.0 Å². The maximum atomic E-state index is 5.72. The first-order valence-electron chi connectivity index (χ1n) is 10.1. The summed E-state index contributed by atoms with van der Waals surface area (Å²) in [5.41, 5.74) is 1.27. The summed E-state index contributed by atoms with van der Waals surface area (Å²) in [6.07, 6.45) is 6.52. The Morgan fingerprint density at radius 1 is 1.14 bits per heavy atom. The van der Waals surface area contributed by atoms with Gasteiger partial charge in [0.25, 0.3) is 0 Å². The van der Waals surface area contributed by atoms with E-state index < -0.39 is 0 Å². The molecule has 1 aromatic carbocycles. The molecule has 1 aromatic heterocycles. The molecule has 1 unspecified atom stereocenters. The summed E-state index contributed by atoms with van der Waals surface area (Å²) >= 11 is 0. The average molecular weight is 512 g/mol. The number of piperidine rings is 1. The summed E-state index contributed by atoms with van der Waals surface area (Å²) in [6, 6.07) is 12.5. The molecular weight excluding hydrogens is 479 g/mol. The van der Waals surface area contributed by atoms with Gasteiger partial charge in [0.05, 0.1) is 19.4 Å². The number of halogens is 1. The van der Waals surface area contributed by atoms with Gasteiger partial charge < -0.3 is 19.8 Å². The Labute approximate surface area is 191 Å². The highest BCUT2D eigenvalue weighted by atomic mass is 127. The van der Waals surface area contributed by atoms with Gasteiger partial charge in [0.15, 0.2) is 5.96 Å². The van der Waals surface area contributed by atoms with E-state index in [1.165, 1.54) is 24.8 Å². The summed E-state index contributed by atoms with van der Waals surface area (Å²) in [4.78, 5) is 6.88. The van der Waals surface area contributed by atoms with Crippen LogP contribution >= 0.6 is 24.0 Å². The van der Waals surface area contributed by atoms with E-state index in [9.17, 15) is 0 Å². The molecule has 29 heavy (non-hydrogen) atoms. The second kappa shape index (κ2) is 12.7. The first kappa shape index (κ1) is 23.5. The normalized spacial score (nSPS) is 16.0. The molecule has 1 saturated heterocycles. The highest BCUT2D eigenvalue weighted by molar-refractivity contribution is 14.0.